The fourth-order valence-corrected chi connectivity index (χ4v) is 3.02. The zero-order chi connectivity index (χ0) is 13.4. The Labute approximate surface area is 130 Å². The molecule has 1 aliphatic rings. The van der Waals surface area contributed by atoms with Crippen LogP contribution in [0, 0.1) is 0 Å². The number of halogens is 1. The van der Waals surface area contributed by atoms with E-state index in [1.165, 1.54) is 28.8 Å². The molecule has 0 amide bonds. The maximum Gasteiger partial charge on any atom is 0.0726 e. The number of pyridine rings is 1. The average Bonchev–Trinajstić information content (AvgIpc) is 2.96. The highest BCUT2D eigenvalue weighted by atomic mass is 35.5. The average molecular weight is 296 g/mol. The fraction of sp³-hybridized carbons (Fsp3) is 0.167. The van der Waals surface area contributed by atoms with E-state index in [1.807, 2.05) is 6.07 Å². The lowest BCUT2D eigenvalue weighted by molar-refractivity contribution is -0.00000395. The standard InChI is InChI=1S/C18H16N2.ClH/c1-2-7-13(8-3-1)19-18-14-9-4-5-11-16(14)20-17-12-6-10-15(17)18;/h1-5,7-9,11H,6,10,12H2,(H,19,20);1H/p-1. The van der Waals surface area contributed by atoms with Gasteiger partial charge in [0.25, 0.3) is 0 Å². The predicted molar refractivity (Wildman–Crippen MR) is 83.5 cm³/mol. The SMILES string of the molecule is [Cl-].c1ccc(Nc2c3c(nc4ccccc24)CCC3)cc1. The van der Waals surface area contributed by atoms with Gasteiger partial charge in [0.05, 0.1) is 11.2 Å². The molecule has 0 saturated heterocycles. The predicted octanol–water partition coefficient (Wildman–Crippen LogP) is 1.47. The molecule has 0 unspecified atom stereocenters. The molecule has 0 atom stereocenters. The van der Waals surface area contributed by atoms with Crippen molar-refractivity contribution in [3.8, 4) is 0 Å². The lowest BCUT2D eigenvalue weighted by Gasteiger charge is -2.14. The van der Waals surface area contributed by atoms with Gasteiger partial charge in [0.2, 0.25) is 0 Å². The number of hydrogen-bond acceptors (Lipinski definition) is 2. The zero-order valence-corrected chi connectivity index (χ0v) is 12.4. The summed E-state index contributed by atoms with van der Waals surface area (Å²) < 4.78 is 0. The molecule has 4 rings (SSSR count). The maximum absolute atomic E-state index is 4.82. The number of aromatic nitrogens is 1. The van der Waals surface area contributed by atoms with E-state index >= 15 is 0 Å². The van der Waals surface area contributed by atoms with Gasteiger partial charge in [0, 0.05) is 16.8 Å². The van der Waals surface area contributed by atoms with Gasteiger partial charge < -0.3 is 17.7 Å². The van der Waals surface area contributed by atoms with Crippen LogP contribution in [-0.2, 0) is 12.8 Å². The summed E-state index contributed by atoms with van der Waals surface area (Å²) in [6.45, 7) is 0. The molecular weight excluding hydrogens is 280 g/mol. The number of nitrogens with zero attached hydrogens (tertiary/aromatic N) is 1. The third kappa shape index (κ3) is 2.47. The molecule has 2 nitrogen and oxygen atoms in total. The van der Waals surface area contributed by atoms with Gasteiger partial charge in [0.1, 0.15) is 0 Å². The first-order valence-electron chi connectivity index (χ1n) is 7.14. The molecule has 0 aliphatic heterocycles. The van der Waals surface area contributed by atoms with Crippen molar-refractivity contribution in [2.75, 3.05) is 5.32 Å². The van der Waals surface area contributed by atoms with Crippen molar-refractivity contribution >= 4 is 22.3 Å². The summed E-state index contributed by atoms with van der Waals surface area (Å²) in [5, 5.41) is 4.83. The number of fused-ring (bicyclic) bond motifs is 2. The van der Waals surface area contributed by atoms with Crippen molar-refractivity contribution in [2.45, 2.75) is 19.3 Å². The summed E-state index contributed by atoms with van der Waals surface area (Å²) in [5.41, 5.74) is 6.13. The van der Waals surface area contributed by atoms with Crippen LogP contribution in [0.15, 0.2) is 54.6 Å². The number of anilines is 2. The quantitative estimate of drug-likeness (QED) is 0.774. The zero-order valence-electron chi connectivity index (χ0n) is 11.6. The number of hydrogen-bond donors (Lipinski definition) is 1. The highest BCUT2D eigenvalue weighted by molar-refractivity contribution is 5.95. The van der Waals surface area contributed by atoms with E-state index in [2.05, 4.69) is 53.8 Å². The first-order valence-corrected chi connectivity index (χ1v) is 7.14. The summed E-state index contributed by atoms with van der Waals surface area (Å²) in [5.74, 6) is 0. The highest BCUT2D eigenvalue weighted by Gasteiger charge is 2.19. The van der Waals surface area contributed by atoms with Gasteiger partial charge in [-0.25, -0.2) is 0 Å². The lowest BCUT2D eigenvalue weighted by Crippen LogP contribution is -3.00. The Hall–Kier alpha value is -2.06. The Bertz CT molecular complexity index is 769. The Morgan fingerprint density at radius 2 is 1.62 bits per heavy atom. The van der Waals surface area contributed by atoms with Crippen LogP contribution in [-0.4, -0.2) is 4.98 Å². The topological polar surface area (TPSA) is 24.9 Å². The van der Waals surface area contributed by atoms with Gasteiger partial charge in [-0.2, -0.15) is 0 Å². The van der Waals surface area contributed by atoms with E-state index in [4.69, 9.17) is 4.98 Å². The molecule has 3 aromatic rings. The molecule has 1 aliphatic carbocycles. The van der Waals surface area contributed by atoms with Gasteiger partial charge >= 0.3 is 0 Å². The lowest BCUT2D eigenvalue weighted by atomic mass is 10.1. The van der Waals surface area contributed by atoms with Crippen molar-refractivity contribution in [1.82, 2.24) is 4.98 Å². The Kier molecular flexibility index (Phi) is 3.80. The first-order chi connectivity index (χ1) is 9.92. The normalized spacial score (nSPS) is 12.8. The Morgan fingerprint density at radius 1 is 0.857 bits per heavy atom. The Morgan fingerprint density at radius 3 is 2.48 bits per heavy atom. The fourth-order valence-electron chi connectivity index (χ4n) is 3.02. The van der Waals surface area contributed by atoms with E-state index in [1.54, 1.807) is 0 Å². The maximum atomic E-state index is 4.82. The van der Waals surface area contributed by atoms with Crippen LogP contribution in [0.5, 0.6) is 0 Å². The third-order valence-corrected chi connectivity index (χ3v) is 3.96. The van der Waals surface area contributed by atoms with Gasteiger partial charge in [-0.3, -0.25) is 4.98 Å². The largest absolute Gasteiger partial charge is 1.00 e. The van der Waals surface area contributed by atoms with Crippen molar-refractivity contribution < 1.29 is 12.4 Å². The molecule has 0 radical (unpaired) electrons. The van der Waals surface area contributed by atoms with Crippen LogP contribution in [0.4, 0.5) is 11.4 Å². The molecular formula is C18H16ClN2-. The summed E-state index contributed by atoms with van der Waals surface area (Å²) in [7, 11) is 0. The second-order valence-corrected chi connectivity index (χ2v) is 5.27. The molecule has 2 aromatic carbocycles. The van der Waals surface area contributed by atoms with Gasteiger partial charge in [-0.1, -0.05) is 36.4 Å². The number of nitrogens with one attached hydrogen (secondary N) is 1. The summed E-state index contributed by atoms with van der Waals surface area (Å²) in [6, 6.07) is 18.8. The molecule has 0 fully saturated rings. The van der Waals surface area contributed by atoms with Gasteiger partial charge in [-0.05, 0) is 43.0 Å². The van der Waals surface area contributed by atoms with Crippen LogP contribution in [0.2, 0.25) is 0 Å². The van der Waals surface area contributed by atoms with E-state index in [9.17, 15) is 0 Å². The molecule has 0 bridgehead atoms. The second-order valence-electron chi connectivity index (χ2n) is 5.27. The van der Waals surface area contributed by atoms with E-state index in [-0.39, 0.29) is 12.4 Å². The van der Waals surface area contributed by atoms with E-state index in [0.717, 1.165) is 24.0 Å². The Balaban J connectivity index is 0.00000132. The van der Waals surface area contributed by atoms with Crippen LogP contribution in [0.3, 0.4) is 0 Å². The number of aryl methyl sites for hydroxylation is 1. The molecule has 1 aromatic heterocycles. The van der Waals surface area contributed by atoms with Gasteiger partial charge in [-0.15, -0.1) is 0 Å². The van der Waals surface area contributed by atoms with Gasteiger partial charge in [0.15, 0.2) is 0 Å². The van der Waals surface area contributed by atoms with E-state index in [0.29, 0.717) is 0 Å². The number of rotatable bonds is 2. The van der Waals surface area contributed by atoms with E-state index < -0.39 is 0 Å². The van der Waals surface area contributed by atoms with Crippen LogP contribution >= 0.6 is 0 Å². The van der Waals surface area contributed by atoms with Crippen molar-refractivity contribution in [3.63, 3.8) is 0 Å². The van der Waals surface area contributed by atoms with Crippen LogP contribution < -0.4 is 17.7 Å². The number of benzene rings is 2. The number of para-hydroxylation sites is 2. The minimum Gasteiger partial charge on any atom is -1.00 e. The molecule has 106 valence electrons. The minimum atomic E-state index is 0. The minimum absolute atomic E-state index is 0. The molecule has 0 spiro atoms. The second kappa shape index (κ2) is 5.74. The smallest absolute Gasteiger partial charge is 0.0726 e. The monoisotopic (exact) mass is 295 g/mol. The molecule has 21 heavy (non-hydrogen) atoms. The summed E-state index contributed by atoms with van der Waals surface area (Å²) in [4.78, 5) is 4.82. The molecule has 1 N–H and O–H groups in total. The summed E-state index contributed by atoms with van der Waals surface area (Å²) in [6.07, 6.45) is 3.44. The highest BCUT2D eigenvalue weighted by Crippen LogP contribution is 2.35. The summed E-state index contributed by atoms with van der Waals surface area (Å²) >= 11 is 0. The van der Waals surface area contributed by atoms with Crippen LogP contribution in [0.25, 0.3) is 10.9 Å². The van der Waals surface area contributed by atoms with Crippen molar-refractivity contribution in [1.29, 1.82) is 0 Å². The van der Waals surface area contributed by atoms with Crippen molar-refractivity contribution in [3.05, 3.63) is 65.9 Å². The molecule has 1 heterocycles. The third-order valence-electron chi connectivity index (χ3n) is 3.96. The van der Waals surface area contributed by atoms with Crippen molar-refractivity contribution in [2.24, 2.45) is 0 Å². The van der Waals surface area contributed by atoms with Crippen LogP contribution in [0.1, 0.15) is 17.7 Å². The molecule has 0 saturated carbocycles. The first kappa shape index (κ1) is 13.9. The molecule has 3 heteroatoms.